The molecule has 0 radical (unpaired) electrons. The zero-order chi connectivity index (χ0) is 9.68. The lowest BCUT2D eigenvalue weighted by atomic mass is 10.5. The summed E-state index contributed by atoms with van der Waals surface area (Å²) in [5, 5.41) is 2.53. The number of methoxy groups -OCH3 is 1. The zero-order valence-electron chi connectivity index (χ0n) is 7.03. The van der Waals surface area contributed by atoms with Crippen LogP contribution in [0.15, 0.2) is 6.07 Å². The summed E-state index contributed by atoms with van der Waals surface area (Å²) < 4.78 is 8.83. The van der Waals surface area contributed by atoms with E-state index in [1.54, 1.807) is 13.2 Å². The van der Waals surface area contributed by atoms with Crippen LogP contribution in [0.1, 0.15) is 4.88 Å². The molecule has 0 saturated carbocycles. The number of hydrogen-bond donors (Lipinski definition) is 3. The number of amides is 2. The fraction of sp³-hybridized carbons (Fsp3) is 0.333. The van der Waals surface area contributed by atoms with E-state index in [0.29, 0.717) is 12.4 Å². The lowest BCUT2D eigenvalue weighted by Crippen LogP contribution is -2.39. The number of hydrazine groups is 1. The molecule has 2 amide bonds. The van der Waals surface area contributed by atoms with Crippen molar-refractivity contribution in [3.63, 3.8) is 0 Å². The highest BCUT2D eigenvalue weighted by Crippen LogP contribution is 2.15. The lowest BCUT2D eigenvalue weighted by molar-refractivity contribution is 0.241. The van der Waals surface area contributed by atoms with E-state index in [9.17, 15) is 4.79 Å². The molecule has 0 fully saturated rings. The van der Waals surface area contributed by atoms with E-state index in [4.69, 9.17) is 10.6 Å². The summed E-state index contributed by atoms with van der Waals surface area (Å²) in [7, 11) is 1.54. The molecule has 7 heteroatoms. The number of aromatic nitrogens is 1. The van der Waals surface area contributed by atoms with E-state index in [2.05, 4.69) is 9.69 Å². The molecule has 1 aromatic rings. The van der Waals surface area contributed by atoms with E-state index in [1.165, 1.54) is 11.5 Å². The Morgan fingerprint density at radius 2 is 2.62 bits per heavy atom. The summed E-state index contributed by atoms with van der Waals surface area (Å²) in [6.07, 6.45) is 0. The van der Waals surface area contributed by atoms with Crippen LogP contribution in [0.2, 0.25) is 0 Å². The van der Waals surface area contributed by atoms with Crippen LogP contribution >= 0.6 is 11.5 Å². The van der Waals surface area contributed by atoms with Crippen molar-refractivity contribution in [1.82, 2.24) is 15.1 Å². The minimum atomic E-state index is -0.424. The third kappa shape index (κ3) is 2.88. The Hall–Kier alpha value is -1.34. The van der Waals surface area contributed by atoms with Gasteiger partial charge in [-0.05, 0) is 11.5 Å². The topological polar surface area (TPSA) is 89.3 Å². The van der Waals surface area contributed by atoms with Crippen molar-refractivity contribution in [3.05, 3.63) is 10.9 Å². The van der Waals surface area contributed by atoms with Crippen molar-refractivity contribution < 1.29 is 9.53 Å². The van der Waals surface area contributed by atoms with Crippen LogP contribution in [0.25, 0.3) is 0 Å². The first kappa shape index (κ1) is 9.75. The van der Waals surface area contributed by atoms with Crippen molar-refractivity contribution in [1.29, 1.82) is 0 Å². The number of urea groups is 1. The van der Waals surface area contributed by atoms with Gasteiger partial charge in [0.25, 0.3) is 0 Å². The monoisotopic (exact) mass is 202 g/mol. The predicted octanol–water partition coefficient (Wildman–Crippen LogP) is -0.175. The van der Waals surface area contributed by atoms with Crippen molar-refractivity contribution in [2.45, 2.75) is 6.54 Å². The maximum absolute atomic E-state index is 10.7. The molecule has 1 heterocycles. The summed E-state index contributed by atoms with van der Waals surface area (Å²) in [5.74, 6) is 5.42. The Morgan fingerprint density at radius 1 is 1.85 bits per heavy atom. The summed E-state index contributed by atoms with van der Waals surface area (Å²) in [5.41, 5.74) is 1.96. The molecular formula is C6H10N4O2S. The third-order valence-corrected chi connectivity index (χ3v) is 2.07. The molecule has 0 unspecified atom stereocenters. The van der Waals surface area contributed by atoms with Gasteiger partial charge < -0.3 is 10.1 Å². The Morgan fingerprint density at radius 3 is 3.15 bits per heavy atom. The lowest BCUT2D eigenvalue weighted by Gasteiger charge is -1.99. The van der Waals surface area contributed by atoms with Crippen LogP contribution in [0.4, 0.5) is 4.79 Å². The normalized spacial score (nSPS) is 9.38. The van der Waals surface area contributed by atoms with Gasteiger partial charge in [-0.3, -0.25) is 5.43 Å². The van der Waals surface area contributed by atoms with Crippen LogP contribution in [0.3, 0.4) is 0 Å². The largest absolute Gasteiger partial charge is 0.480 e. The molecule has 4 N–H and O–H groups in total. The average molecular weight is 202 g/mol. The van der Waals surface area contributed by atoms with Gasteiger partial charge in [0.2, 0.25) is 5.88 Å². The molecule has 0 aliphatic carbocycles. The van der Waals surface area contributed by atoms with E-state index >= 15 is 0 Å². The molecule has 0 aliphatic heterocycles. The van der Waals surface area contributed by atoms with Crippen molar-refractivity contribution in [2.75, 3.05) is 7.11 Å². The molecule has 0 spiro atoms. The molecule has 0 aromatic carbocycles. The molecule has 6 nitrogen and oxygen atoms in total. The minimum absolute atomic E-state index is 0.393. The highest BCUT2D eigenvalue weighted by Gasteiger charge is 2.02. The number of carbonyl (C=O) groups excluding carboxylic acids is 1. The fourth-order valence-electron chi connectivity index (χ4n) is 0.692. The number of nitrogens with two attached hydrogens (primary N) is 1. The van der Waals surface area contributed by atoms with Crippen LogP contribution in [-0.2, 0) is 6.54 Å². The first-order valence-corrected chi connectivity index (χ1v) is 4.27. The second-order valence-electron chi connectivity index (χ2n) is 2.16. The third-order valence-electron chi connectivity index (χ3n) is 1.30. The van der Waals surface area contributed by atoms with Gasteiger partial charge in [0.05, 0.1) is 13.7 Å². The van der Waals surface area contributed by atoms with Crippen LogP contribution in [-0.4, -0.2) is 17.5 Å². The summed E-state index contributed by atoms with van der Waals surface area (Å²) in [4.78, 5) is 11.6. The van der Waals surface area contributed by atoms with E-state index in [1.807, 2.05) is 5.43 Å². The fourth-order valence-corrected chi connectivity index (χ4v) is 1.32. The summed E-state index contributed by atoms with van der Waals surface area (Å²) >= 11 is 1.27. The Bertz CT molecular complexity index is 288. The first-order chi connectivity index (χ1) is 6.26. The van der Waals surface area contributed by atoms with E-state index < -0.39 is 6.03 Å². The maximum atomic E-state index is 10.7. The van der Waals surface area contributed by atoms with Gasteiger partial charge in [0.1, 0.15) is 0 Å². The number of carbonyl (C=O) groups is 1. The van der Waals surface area contributed by atoms with Gasteiger partial charge in [-0.1, -0.05) is 0 Å². The van der Waals surface area contributed by atoms with Crippen molar-refractivity contribution >= 4 is 17.6 Å². The van der Waals surface area contributed by atoms with E-state index in [0.717, 1.165) is 4.88 Å². The molecule has 1 rings (SSSR count). The van der Waals surface area contributed by atoms with Crippen LogP contribution in [0, 0.1) is 0 Å². The maximum Gasteiger partial charge on any atom is 0.329 e. The molecular weight excluding hydrogens is 192 g/mol. The average Bonchev–Trinajstić information content (AvgIpc) is 2.61. The van der Waals surface area contributed by atoms with Crippen LogP contribution < -0.4 is 21.3 Å². The second-order valence-corrected chi connectivity index (χ2v) is 3.05. The number of ether oxygens (including phenoxy) is 1. The summed E-state index contributed by atoms with van der Waals surface area (Å²) in [6, 6.07) is 1.33. The highest BCUT2D eigenvalue weighted by atomic mass is 32.1. The Labute approximate surface area is 79.2 Å². The summed E-state index contributed by atoms with van der Waals surface area (Å²) in [6.45, 7) is 0.393. The Kier molecular flexibility index (Phi) is 3.47. The number of nitrogens with one attached hydrogen (secondary N) is 2. The molecule has 0 aliphatic rings. The number of rotatable bonds is 3. The quantitative estimate of drug-likeness (QED) is 0.360. The highest BCUT2D eigenvalue weighted by molar-refractivity contribution is 7.05. The minimum Gasteiger partial charge on any atom is -0.480 e. The van der Waals surface area contributed by atoms with Gasteiger partial charge in [-0.2, -0.15) is 4.37 Å². The standard InChI is InChI=1S/C6H10N4O2S/c1-12-5-2-4(13-10-5)3-8-6(11)9-7/h2H,3,7H2,1H3,(H2,8,9,11). The Balaban J connectivity index is 2.41. The predicted molar refractivity (Wildman–Crippen MR) is 48.2 cm³/mol. The second kappa shape index (κ2) is 4.63. The van der Waals surface area contributed by atoms with Crippen molar-refractivity contribution in [2.24, 2.45) is 5.84 Å². The molecule has 1 aromatic heterocycles. The zero-order valence-corrected chi connectivity index (χ0v) is 7.85. The number of nitrogens with zero attached hydrogens (tertiary/aromatic N) is 1. The first-order valence-electron chi connectivity index (χ1n) is 3.50. The van der Waals surface area contributed by atoms with Gasteiger partial charge in [0, 0.05) is 10.9 Å². The molecule has 13 heavy (non-hydrogen) atoms. The molecule has 0 atom stereocenters. The molecule has 0 saturated heterocycles. The van der Waals surface area contributed by atoms with Gasteiger partial charge in [-0.25, -0.2) is 10.6 Å². The van der Waals surface area contributed by atoms with Gasteiger partial charge >= 0.3 is 6.03 Å². The molecule has 0 bridgehead atoms. The van der Waals surface area contributed by atoms with Crippen molar-refractivity contribution in [3.8, 4) is 5.88 Å². The van der Waals surface area contributed by atoms with E-state index in [-0.39, 0.29) is 0 Å². The van der Waals surface area contributed by atoms with Gasteiger partial charge in [0.15, 0.2) is 0 Å². The number of hydrogen-bond acceptors (Lipinski definition) is 5. The van der Waals surface area contributed by atoms with Crippen LogP contribution in [0.5, 0.6) is 5.88 Å². The smallest absolute Gasteiger partial charge is 0.329 e. The SMILES string of the molecule is COc1cc(CNC(=O)NN)sn1. The molecule has 72 valence electrons. The van der Waals surface area contributed by atoms with Gasteiger partial charge in [-0.15, -0.1) is 0 Å².